The van der Waals surface area contributed by atoms with Crippen LogP contribution in [0.5, 0.6) is 0 Å². The Balaban J connectivity index is 2.06. The number of rotatable bonds is 10. The summed E-state index contributed by atoms with van der Waals surface area (Å²) in [6.07, 6.45) is 3.94. The molecule has 2 rings (SSSR count). The standard InChI is InChI=1S/C21H36N8O2/c1-21(11-5-6-13-27-21)29(25)19(31)17(10-7-12-26-20(23)24)28-18(30)16(22)14-15-8-3-2-4-9-15/h2-4,8-9,16-17,27H,5-7,10-14,22,25H2,1H3,(H,28,30)(H4,23,24,26)/t16-,17+,21?/m1/s1. The summed E-state index contributed by atoms with van der Waals surface area (Å²) in [5.74, 6) is 5.43. The number of aliphatic imine (C=N–C) groups is 1. The van der Waals surface area contributed by atoms with E-state index in [1.54, 1.807) is 0 Å². The number of hydrazine groups is 1. The number of carbonyl (C=O) groups excluding carboxylic acids is 2. The van der Waals surface area contributed by atoms with Crippen LogP contribution in [0.4, 0.5) is 0 Å². The molecule has 1 aromatic carbocycles. The number of guanidine groups is 1. The van der Waals surface area contributed by atoms with Crippen LogP contribution in [0.1, 0.15) is 44.6 Å². The average molecular weight is 433 g/mol. The highest BCUT2D eigenvalue weighted by Gasteiger charge is 2.38. The van der Waals surface area contributed by atoms with Gasteiger partial charge in [-0.25, -0.2) is 5.84 Å². The lowest BCUT2D eigenvalue weighted by atomic mass is 9.97. The highest BCUT2D eigenvalue weighted by atomic mass is 16.2. The van der Waals surface area contributed by atoms with Crippen molar-refractivity contribution in [2.24, 2.45) is 28.0 Å². The predicted octanol–water partition coefficient (Wildman–Crippen LogP) is -0.713. The van der Waals surface area contributed by atoms with Crippen LogP contribution in [-0.2, 0) is 16.0 Å². The number of nitrogens with one attached hydrogen (secondary N) is 2. The fourth-order valence-corrected chi connectivity index (χ4v) is 3.66. The fraction of sp³-hybridized carbons (Fsp3) is 0.571. The molecule has 10 nitrogen and oxygen atoms in total. The topological polar surface area (TPSA) is 178 Å². The van der Waals surface area contributed by atoms with Gasteiger partial charge in [-0.3, -0.25) is 24.9 Å². The summed E-state index contributed by atoms with van der Waals surface area (Å²) in [6, 6.07) is 7.87. The third-order valence-corrected chi connectivity index (χ3v) is 5.56. The number of nitrogens with two attached hydrogens (primary N) is 4. The summed E-state index contributed by atoms with van der Waals surface area (Å²) in [6.45, 7) is 3.02. The van der Waals surface area contributed by atoms with E-state index in [1.165, 1.54) is 5.01 Å². The van der Waals surface area contributed by atoms with Gasteiger partial charge in [-0.2, -0.15) is 0 Å². The quantitative estimate of drug-likeness (QED) is 0.0705. The molecule has 3 atom stereocenters. The van der Waals surface area contributed by atoms with E-state index in [4.69, 9.17) is 23.0 Å². The summed E-state index contributed by atoms with van der Waals surface area (Å²) >= 11 is 0. The van der Waals surface area contributed by atoms with Crippen molar-refractivity contribution in [3.05, 3.63) is 35.9 Å². The summed E-state index contributed by atoms with van der Waals surface area (Å²) < 4.78 is 0. The van der Waals surface area contributed by atoms with Gasteiger partial charge in [0.15, 0.2) is 5.96 Å². The van der Waals surface area contributed by atoms with Gasteiger partial charge in [-0.15, -0.1) is 0 Å². The fourth-order valence-electron chi connectivity index (χ4n) is 3.66. The minimum Gasteiger partial charge on any atom is -0.370 e. The Labute approximate surface area is 183 Å². The molecular formula is C21H36N8O2. The van der Waals surface area contributed by atoms with Crippen molar-refractivity contribution in [3.8, 4) is 0 Å². The molecule has 1 saturated heterocycles. The van der Waals surface area contributed by atoms with Crippen molar-refractivity contribution in [1.29, 1.82) is 0 Å². The maximum atomic E-state index is 13.2. The number of piperidine rings is 1. The zero-order chi connectivity index (χ0) is 22.9. The molecule has 31 heavy (non-hydrogen) atoms. The number of benzene rings is 1. The lowest BCUT2D eigenvalue weighted by Gasteiger charge is -2.43. The molecule has 1 aromatic rings. The van der Waals surface area contributed by atoms with Crippen molar-refractivity contribution in [3.63, 3.8) is 0 Å². The van der Waals surface area contributed by atoms with Crippen LogP contribution in [0.3, 0.4) is 0 Å². The van der Waals surface area contributed by atoms with Crippen LogP contribution in [0.25, 0.3) is 0 Å². The van der Waals surface area contributed by atoms with Crippen LogP contribution in [0.2, 0.25) is 0 Å². The molecule has 0 bridgehead atoms. The molecule has 172 valence electrons. The molecule has 1 fully saturated rings. The molecule has 10 N–H and O–H groups in total. The molecular weight excluding hydrogens is 396 g/mol. The molecule has 0 aliphatic carbocycles. The van der Waals surface area contributed by atoms with Crippen LogP contribution in [0.15, 0.2) is 35.3 Å². The van der Waals surface area contributed by atoms with Gasteiger partial charge < -0.3 is 22.5 Å². The third-order valence-electron chi connectivity index (χ3n) is 5.56. The molecule has 2 amide bonds. The van der Waals surface area contributed by atoms with Crippen LogP contribution in [-0.4, -0.2) is 53.6 Å². The maximum Gasteiger partial charge on any atom is 0.260 e. The third kappa shape index (κ3) is 7.50. The van der Waals surface area contributed by atoms with E-state index >= 15 is 0 Å². The van der Waals surface area contributed by atoms with Crippen LogP contribution < -0.4 is 33.7 Å². The van der Waals surface area contributed by atoms with Crippen molar-refractivity contribution < 1.29 is 9.59 Å². The van der Waals surface area contributed by atoms with Gasteiger partial charge >= 0.3 is 0 Å². The monoisotopic (exact) mass is 432 g/mol. The van der Waals surface area contributed by atoms with E-state index in [0.29, 0.717) is 25.8 Å². The van der Waals surface area contributed by atoms with Crippen LogP contribution >= 0.6 is 0 Å². The normalized spacial score (nSPS) is 20.4. The molecule has 1 heterocycles. The first kappa shape index (κ1) is 24.6. The van der Waals surface area contributed by atoms with Gasteiger partial charge in [0.05, 0.1) is 6.04 Å². The first-order chi connectivity index (χ1) is 14.7. The highest BCUT2D eigenvalue weighted by Crippen LogP contribution is 2.22. The number of nitrogens with zero attached hydrogens (tertiary/aromatic N) is 2. The molecule has 0 spiro atoms. The van der Waals surface area contributed by atoms with Gasteiger partial charge in [-0.05, 0) is 57.6 Å². The SMILES string of the molecule is CC1(N(N)C(=O)[C@H](CCCN=C(N)N)NC(=O)[C@H](N)Cc2ccccc2)CCCCN1. The van der Waals surface area contributed by atoms with Gasteiger partial charge in [0, 0.05) is 6.54 Å². The van der Waals surface area contributed by atoms with Crippen molar-refractivity contribution in [1.82, 2.24) is 15.6 Å². The molecule has 1 aliphatic rings. The summed E-state index contributed by atoms with van der Waals surface area (Å²) in [5, 5.41) is 7.31. The molecule has 0 radical (unpaired) electrons. The lowest BCUT2D eigenvalue weighted by molar-refractivity contribution is -0.144. The minimum atomic E-state index is -0.825. The molecule has 0 aromatic heterocycles. The second kappa shape index (κ2) is 11.6. The molecule has 1 unspecified atom stereocenters. The van der Waals surface area contributed by atoms with Gasteiger partial charge in [0.25, 0.3) is 5.91 Å². The largest absolute Gasteiger partial charge is 0.370 e. The lowest BCUT2D eigenvalue weighted by Crippen LogP contribution is -2.67. The molecule has 0 saturated carbocycles. The van der Waals surface area contributed by atoms with E-state index in [0.717, 1.165) is 31.4 Å². The Hall–Kier alpha value is -2.69. The second-order valence-electron chi connectivity index (χ2n) is 8.17. The zero-order valence-corrected chi connectivity index (χ0v) is 18.2. The second-order valence-corrected chi connectivity index (χ2v) is 8.17. The number of amides is 2. The maximum absolute atomic E-state index is 13.2. The Morgan fingerprint density at radius 1 is 1.26 bits per heavy atom. The molecule has 10 heteroatoms. The van der Waals surface area contributed by atoms with E-state index in [1.807, 2.05) is 37.3 Å². The Kier molecular flexibility index (Phi) is 9.22. The van der Waals surface area contributed by atoms with Crippen LogP contribution in [0, 0.1) is 0 Å². The van der Waals surface area contributed by atoms with Gasteiger partial charge in [-0.1, -0.05) is 30.3 Å². The highest BCUT2D eigenvalue weighted by molar-refractivity contribution is 5.90. The first-order valence-electron chi connectivity index (χ1n) is 10.7. The van der Waals surface area contributed by atoms with Gasteiger partial charge in [0.2, 0.25) is 5.91 Å². The van der Waals surface area contributed by atoms with E-state index in [2.05, 4.69) is 15.6 Å². The van der Waals surface area contributed by atoms with Crippen molar-refractivity contribution >= 4 is 17.8 Å². The molecule has 1 aliphatic heterocycles. The summed E-state index contributed by atoms with van der Waals surface area (Å²) in [7, 11) is 0. The number of hydrogen-bond donors (Lipinski definition) is 6. The van der Waals surface area contributed by atoms with Gasteiger partial charge in [0.1, 0.15) is 11.7 Å². The minimum absolute atomic E-state index is 0.0174. The summed E-state index contributed by atoms with van der Waals surface area (Å²) in [5.41, 5.74) is 17.1. The Morgan fingerprint density at radius 2 is 1.97 bits per heavy atom. The predicted molar refractivity (Wildman–Crippen MR) is 121 cm³/mol. The van der Waals surface area contributed by atoms with Crippen molar-refractivity contribution in [2.45, 2.75) is 63.2 Å². The summed E-state index contributed by atoms with van der Waals surface area (Å²) in [4.78, 5) is 29.9. The smallest absolute Gasteiger partial charge is 0.260 e. The first-order valence-corrected chi connectivity index (χ1v) is 10.7. The zero-order valence-electron chi connectivity index (χ0n) is 18.2. The number of carbonyl (C=O) groups is 2. The number of hydrogen-bond acceptors (Lipinski definition) is 6. The Morgan fingerprint density at radius 3 is 2.58 bits per heavy atom. The average Bonchev–Trinajstić information content (AvgIpc) is 2.75. The van der Waals surface area contributed by atoms with E-state index < -0.39 is 23.7 Å². The Bertz CT molecular complexity index is 745. The van der Waals surface area contributed by atoms with Crippen molar-refractivity contribution in [2.75, 3.05) is 13.1 Å². The van der Waals surface area contributed by atoms with E-state index in [-0.39, 0.29) is 11.9 Å². The van der Waals surface area contributed by atoms with E-state index in [9.17, 15) is 9.59 Å².